The van der Waals surface area contributed by atoms with Gasteiger partial charge >= 0.3 is 0 Å². The molecule has 0 fully saturated rings. The Morgan fingerprint density at radius 3 is 2.09 bits per heavy atom. The van der Waals surface area contributed by atoms with E-state index in [0.717, 1.165) is 12.8 Å². The Labute approximate surface area is 69.2 Å². The predicted octanol–water partition coefficient (Wildman–Crippen LogP) is 2.05. The second-order valence-corrected chi connectivity index (χ2v) is 3.15. The van der Waals surface area contributed by atoms with Gasteiger partial charge in [0.2, 0.25) is 0 Å². The summed E-state index contributed by atoms with van der Waals surface area (Å²) in [5.41, 5.74) is 0. The van der Waals surface area contributed by atoms with Gasteiger partial charge in [0.05, 0.1) is 0 Å². The highest BCUT2D eigenvalue weighted by Gasteiger charge is 2.18. The third-order valence-electron chi connectivity index (χ3n) is 2.00. The minimum Gasteiger partial charge on any atom is -0.366 e. The fourth-order valence-corrected chi connectivity index (χ4v) is 1.01. The largest absolute Gasteiger partial charge is 0.366 e. The average molecular weight is 160 g/mol. The summed E-state index contributed by atoms with van der Waals surface area (Å²) in [5.74, 6) is -1.41. The molecule has 68 valence electrons. The first-order valence-electron chi connectivity index (χ1n) is 4.57. The van der Waals surface area contributed by atoms with Crippen molar-refractivity contribution < 1.29 is 10.2 Å². The van der Waals surface area contributed by atoms with E-state index in [2.05, 4.69) is 6.92 Å². The molecule has 0 aliphatic rings. The van der Waals surface area contributed by atoms with Gasteiger partial charge in [0.25, 0.3) is 0 Å². The molecule has 0 unspecified atom stereocenters. The minimum atomic E-state index is -1.41. The van der Waals surface area contributed by atoms with Crippen LogP contribution in [0.25, 0.3) is 0 Å². The Bertz CT molecular complexity index is 89.6. The Kier molecular flexibility index (Phi) is 5.51. The molecular formula is C9H20O2. The molecule has 2 nitrogen and oxygen atoms in total. The quantitative estimate of drug-likeness (QED) is 0.461. The zero-order valence-corrected chi connectivity index (χ0v) is 7.64. The van der Waals surface area contributed by atoms with Crippen molar-refractivity contribution in [1.82, 2.24) is 0 Å². The summed E-state index contributed by atoms with van der Waals surface area (Å²) in [6, 6.07) is 0. The highest BCUT2D eigenvalue weighted by molar-refractivity contribution is 4.61. The van der Waals surface area contributed by atoms with Gasteiger partial charge in [0.15, 0.2) is 5.79 Å². The summed E-state index contributed by atoms with van der Waals surface area (Å²) < 4.78 is 0. The fraction of sp³-hybridized carbons (Fsp3) is 1.00. The predicted molar refractivity (Wildman–Crippen MR) is 46.2 cm³/mol. The zero-order valence-electron chi connectivity index (χ0n) is 7.64. The summed E-state index contributed by atoms with van der Waals surface area (Å²) in [4.78, 5) is 0. The molecule has 0 aromatic heterocycles. The van der Waals surface area contributed by atoms with Crippen LogP contribution < -0.4 is 0 Å². The molecule has 0 rings (SSSR count). The SMILES string of the molecule is CCCCCCC(O)(O)CC. The average Bonchev–Trinajstić information content (AvgIpc) is 1.99. The first kappa shape index (κ1) is 10.9. The summed E-state index contributed by atoms with van der Waals surface area (Å²) in [5, 5.41) is 18.4. The van der Waals surface area contributed by atoms with Crippen LogP contribution in [0.4, 0.5) is 0 Å². The van der Waals surface area contributed by atoms with Crippen molar-refractivity contribution in [1.29, 1.82) is 0 Å². The highest BCUT2D eigenvalue weighted by atomic mass is 16.5. The summed E-state index contributed by atoms with van der Waals surface area (Å²) in [6.07, 6.45) is 5.37. The standard InChI is InChI=1S/C9H20O2/c1-3-5-6-7-8-9(10,11)4-2/h10-11H,3-8H2,1-2H3. The Morgan fingerprint density at radius 1 is 1.00 bits per heavy atom. The van der Waals surface area contributed by atoms with Crippen molar-refractivity contribution in [2.45, 2.75) is 58.2 Å². The van der Waals surface area contributed by atoms with Gasteiger partial charge in [-0.05, 0) is 12.8 Å². The second-order valence-electron chi connectivity index (χ2n) is 3.15. The molecule has 0 spiro atoms. The molecule has 0 saturated carbocycles. The monoisotopic (exact) mass is 160 g/mol. The molecule has 0 heterocycles. The Hall–Kier alpha value is -0.0800. The molecule has 11 heavy (non-hydrogen) atoms. The number of rotatable bonds is 6. The topological polar surface area (TPSA) is 40.5 Å². The smallest absolute Gasteiger partial charge is 0.162 e. The summed E-state index contributed by atoms with van der Waals surface area (Å²) in [6.45, 7) is 3.94. The van der Waals surface area contributed by atoms with E-state index in [1.54, 1.807) is 6.92 Å². The normalized spacial score (nSPS) is 12.0. The molecule has 2 heteroatoms. The van der Waals surface area contributed by atoms with Gasteiger partial charge in [-0.2, -0.15) is 0 Å². The van der Waals surface area contributed by atoms with Crippen LogP contribution >= 0.6 is 0 Å². The third kappa shape index (κ3) is 6.32. The van der Waals surface area contributed by atoms with Gasteiger partial charge in [-0.3, -0.25) is 0 Å². The van der Waals surface area contributed by atoms with Crippen LogP contribution in [0.5, 0.6) is 0 Å². The van der Waals surface area contributed by atoms with Gasteiger partial charge in [-0.15, -0.1) is 0 Å². The molecule has 0 amide bonds. The summed E-state index contributed by atoms with van der Waals surface area (Å²) in [7, 11) is 0. The van der Waals surface area contributed by atoms with Crippen LogP contribution in [0.1, 0.15) is 52.4 Å². The van der Waals surface area contributed by atoms with Gasteiger partial charge in [-0.1, -0.05) is 33.1 Å². The second kappa shape index (κ2) is 5.56. The van der Waals surface area contributed by atoms with E-state index in [1.165, 1.54) is 12.8 Å². The Morgan fingerprint density at radius 2 is 1.64 bits per heavy atom. The third-order valence-corrected chi connectivity index (χ3v) is 2.00. The lowest BCUT2D eigenvalue weighted by Crippen LogP contribution is -2.26. The molecule has 0 radical (unpaired) electrons. The highest BCUT2D eigenvalue weighted by Crippen LogP contribution is 2.15. The number of unbranched alkanes of at least 4 members (excludes halogenated alkanes) is 3. The van der Waals surface area contributed by atoms with Crippen LogP contribution in [-0.2, 0) is 0 Å². The van der Waals surface area contributed by atoms with Crippen LogP contribution in [0.15, 0.2) is 0 Å². The zero-order chi connectivity index (χ0) is 8.74. The maximum Gasteiger partial charge on any atom is 0.162 e. The van der Waals surface area contributed by atoms with Crippen molar-refractivity contribution in [3.8, 4) is 0 Å². The molecule has 0 atom stereocenters. The molecule has 0 aromatic rings. The fourth-order valence-electron chi connectivity index (χ4n) is 1.01. The van der Waals surface area contributed by atoms with Crippen molar-refractivity contribution in [3.63, 3.8) is 0 Å². The molecular weight excluding hydrogens is 140 g/mol. The van der Waals surface area contributed by atoms with Crippen LogP contribution in [-0.4, -0.2) is 16.0 Å². The first-order valence-corrected chi connectivity index (χ1v) is 4.57. The van der Waals surface area contributed by atoms with Gasteiger partial charge < -0.3 is 10.2 Å². The number of hydrogen-bond donors (Lipinski definition) is 2. The van der Waals surface area contributed by atoms with E-state index in [4.69, 9.17) is 0 Å². The molecule has 2 N–H and O–H groups in total. The molecule has 0 aromatic carbocycles. The maximum absolute atomic E-state index is 9.18. The molecule has 0 bridgehead atoms. The van der Waals surface area contributed by atoms with E-state index < -0.39 is 5.79 Å². The van der Waals surface area contributed by atoms with Crippen LogP contribution in [0.2, 0.25) is 0 Å². The van der Waals surface area contributed by atoms with Crippen molar-refractivity contribution >= 4 is 0 Å². The van der Waals surface area contributed by atoms with E-state index in [1.807, 2.05) is 0 Å². The maximum atomic E-state index is 9.18. The lowest BCUT2D eigenvalue weighted by Gasteiger charge is -2.18. The van der Waals surface area contributed by atoms with Crippen molar-refractivity contribution in [2.24, 2.45) is 0 Å². The van der Waals surface area contributed by atoms with E-state index in [0.29, 0.717) is 12.8 Å². The first-order chi connectivity index (χ1) is 5.12. The van der Waals surface area contributed by atoms with Gasteiger partial charge in [0, 0.05) is 6.42 Å². The Balaban J connectivity index is 3.23. The van der Waals surface area contributed by atoms with Crippen molar-refractivity contribution in [3.05, 3.63) is 0 Å². The minimum absolute atomic E-state index is 0.430. The van der Waals surface area contributed by atoms with Crippen LogP contribution in [0, 0.1) is 0 Å². The van der Waals surface area contributed by atoms with E-state index in [9.17, 15) is 10.2 Å². The van der Waals surface area contributed by atoms with Gasteiger partial charge in [0.1, 0.15) is 0 Å². The molecule has 0 aliphatic carbocycles. The van der Waals surface area contributed by atoms with Gasteiger partial charge in [-0.25, -0.2) is 0 Å². The molecule has 0 saturated heterocycles. The van der Waals surface area contributed by atoms with Crippen LogP contribution in [0.3, 0.4) is 0 Å². The van der Waals surface area contributed by atoms with E-state index >= 15 is 0 Å². The number of aliphatic hydroxyl groups is 2. The molecule has 0 aliphatic heterocycles. The summed E-state index contributed by atoms with van der Waals surface area (Å²) >= 11 is 0. The number of hydrogen-bond acceptors (Lipinski definition) is 2. The van der Waals surface area contributed by atoms with Crippen molar-refractivity contribution in [2.75, 3.05) is 0 Å². The lowest BCUT2D eigenvalue weighted by atomic mass is 10.0. The van der Waals surface area contributed by atoms with E-state index in [-0.39, 0.29) is 0 Å². The lowest BCUT2D eigenvalue weighted by molar-refractivity contribution is -0.167.